The lowest BCUT2D eigenvalue weighted by Gasteiger charge is -2.10. The van der Waals surface area contributed by atoms with Gasteiger partial charge >= 0.3 is 0 Å². The van der Waals surface area contributed by atoms with E-state index in [-0.39, 0.29) is 0 Å². The van der Waals surface area contributed by atoms with E-state index in [9.17, 15) is 0 Å². The first-order chi connectivity index (χ1) is 9.65. The third-order valence-corrected chi connectivity index (χ3v) is 4.53. The maximum Gasteiger partial charge on any atom is 0.161 e. The number of hydrogen-bond donors (Lipinski definition) is 0. The van der Waals surface area contributed by atoms with Crippen molar-refractivity contribution in [2.75, 3.05) is 0 Å². The standard InChI is InChI=1S/C16H16Cl2N2/c1-10-7-8-11(9-13(10)17)16-19-14-6-4-2-3-5-12(14)15(18)20-16/h7-9H,2-6H2,1H3. The molecule has 20 heavy (non-hydrogen) atoms. The van der Waals surface area contributed by atoms with Crippen molar-refractivity contribution < 1.29 is 0 Å². The van der Waals surface area contributed by atoms with Gasteiger partial charge in [-0.1, -0.05) is 41.8 Å². The molecule has 0 fully saturated rings. The zero-order chi connectivity index (χ0) is 14.1. The van der Waals surface area contributed by atoms with Crippen molar-refractivity contribution in [3.05, 3.63) is 45.2 Å². The molecule has 0 N–H and O–H groups in total. The van der Waals surface area contributed by atoms with Crippen LogP contribution < -0.4 is 0 Å². The number of aryl methyl sites for hydroxylation is 2. The molecule has 0 bridgehead atoms. The highest BCUT2D eigenvalue weighted by Gasteiger charge is 2.16. The fourth-order valence-corrected chi connectivity index (χ4v) is 3.05. The predicted molar refractivity (Wildman–Crippen MR) is 83.5 cm³/mol. The molecule has 2 aromatic rings. The molecule has 0 atom stereocenters. The first-order valence-corrected chi connectivity index (χ1v) is 7.72. The Morgan fingerprint density at radius 1 is 1.00 bits per heavy atom. The molecule has 0 unspecified atom stereocenters. The average molecular weight is 307 g/mol. The molecule has 3 rings (SSSR count). The van der Waals surface area contributed by atoms with E-state index in [1.54, 1.807) is 0 Å². The second-order valence-corrected chi connectivity index (χ2v) is 6.05. The molecule has 0 aliphatic heterocycles. The summed E-state index contributed by atoms with van der Waals surface area (Å²) in [6, 6.07) is 5.89. The van der Waals surface area contributed by atoms with Gasteiger partial charge in [-0.3, -0.25) is 0 Å². The summed E-state index contributed by atoms with van der Waals surface area (Å²) >= 11 is 12.5. The van der Waals surface area contributed by atoms with E-state index in [0.29, 0.717) is 11.0 Å². The molecule has 0 spiro atoms. The maximum absolute atomic E-state index is 6.36. The fraction of sp³-hybridized carbons (Fsp3) is 0.375. The number of fused-ring (bicyclic) bond motifs is 1. The van der Waals surface area contributed by atoms with Crippen molar-refractivity contribution in [1.29, 1.82) is 0 Å². The van der Waals surface area contributed by atoms with E-state index < -0.39 is 0 Å². The number of nitrogens with zero attached hydrogens (tertiary/aromatic N) is 2. The number of hydrogen-bond acceptors (Lipinski definition) is 2. The van der Waals surface area contributed by atoms with Gasteiger partial charge in [-0.15, -0.1) is 0 Å². The van der Waals surface area contributed by atoms with Crippen molar-refractivity contribution in [3.63, 3.8) is 0 Å². The van der Waals surface area contributed by atoms with Crippen LogP contribution in [0, 0.1) is 6.92 Å². The predicted octanol–water partition coefficient (Wildman–Crippen LogP) is 5.03. The SMILES string of the molecule is Cc1ccc(-c2nc(Cl)c3c(n2)CCCCC3)cc1Cl. The topological polar surface area (TPSA) is 25.8 Å². The fourth-order valence-electron chi connectivity index (χ4n) is 2.59. The summed E-state index contributed by atoms with van der Waals surface area (Å²) in [5, 5.41) is 1.33. The van der Waals surface area contributed by atoms with Gasteiger partial charge in [0.15, 0.2) is 5.82 Å². The van der Waals surface area contributed by atoms with Crippen LogP contribution >= 0.6 is 23.2 Å². The minimum Gasteiger partial charge on any atom is -0.233 e. The minimum absolute atomic E-state index is 0.601. The van der Waals surface area contributed by atoms with Crippen LogP contribution in [0.25, 0.3) is 11.4 Å². The smallest absolute Gasteiger partial charge is 0.161 e. The van der Waals surface area contributed by atoms with Crippen LogP contribution in [0.5, 0.6) is 0 Å². The molecule has 1 aliphatic rings. The molecule has 0 amide bonds. The van der Waals surface area contributed by atoms with E-state index >= 15 is 0 Å². The molecule has 0 radical (unpaired) electrons. The molecular formula is C16H16Cl2N2. The second-order valence-electron chi connectivity index (χ2n) is 5.29. The summed E-state index contributed by atoms with van der Waals surface area (Å²) in [5.41, 5.74) is 4.21. The monoisotopic (exact) mass is 306 g/mol. The molecule has 1 aliphatic carbocycles. The van der Waals surface area contributed by atoms with Gasteiger partial charge in [-0.25, -0.2) is 9.97 Å². The van der Waals surface area contributed by atoms with Gasteiger partial charge in [0.25, 0.3) is 0 Å². The van der Waals surface area contributed by atoms with Crippen molar-refractivity contribution in [2.45, 2.75) is 39.0 Å². The Morgan fingerprint density at radius 2 is 1.80 bits per heavy atom. The van der Waals surface area contributed by atoms with Crippen LogP contribution in [0.3, 0.4) is 0 Å². The summed E-state index contributed by atoms with van der Waals surface area (Å²) in [7, 11) is 0. The van der Waals surface area contributed by atoms with E-state index in [1.807, 2.05) is 25.1 Å². The first kappa shape index (κ1) is 13.8. The zero-order valence-corrected chi connectivity index (χ0v) is 12.9. The molecule has 2 nitrogen and oxygen atoms in total. The van der Waals surface area contributed by atoms with Gasteiger partial charge in [0, 0.05) is 21.8 Å². The molecule has 0 saturated carbocycles. The Hall–Kier alpha value is -1.12. The Balaban J connectivity index is 2.08. The third-order valence-electron chi connectivity index (χ3n) is 3.81. The first-order valence-electron chi connectivity index (χ1n) is 6.97. The molecule has 104 valence electrons. The highest BCUT2D eigenvalue weighted by atomic mass is 35.5. The minimum atomic E-state index is 0.601. The Kier molecular flexibility index (Phi) is 3.95. The summed E-state index contributed by atoms with van der Waals surface area (Å²) in [5.74, 6) is 0.678. The Morgan fingerprint density at radius 3 is 2.60 bits per heavy atom. The number of benzene rings is 1. The lowest BCUT2D eigenvalue weighted by atomic mass is 10.1. The lowest BCUT2D eigenvalue weighted by Crippen LogP contribution is -2.02. The summed E-state index contributed by atoms with van der Waals surface area (Å²) in [4.78, 5) is 9.19. The van der Waals surface area contributed by atoms with Crippen LogP contribution in [0.1, 0.15) is 36.1 Å². The molecular weight excluding hydrogens is 291 g/mol. The quantitative estimate of drug-likeness (QED) is 0.545. The Bertz CT molecular complexity index is 653. The highest BCUT2D eigenvalue weighted by Crippen LogP contribution is 2.29. The Labute approximate surface area is 129 Å². The van der Waals surface area contributed by atoms with Crippen molar-refractivity contribution in [1.82, 2.24) is 9.97 Å². The molecule has 1 aromatic carbocycles. The third kappa shape index (κ3) is 2.68. The van der Waals surface area contributed by atoms with E-state index in [0.717, 1.165) is 40.2 Å². The number of aromatic nitrogens is 2. The summed E-state index contributed by atoms with van der Waals surface area (Å²) in [6.07, 6.45) is 5.56. The van der Waals surface area contributed by atoms with Crippen LogP contribution in [0.2, 0.25) is 10.2 Å². The van der Waals surface area contributed by atoms with Gasteiger partial charge in [0.05, 0.1) is 0 Å². The number of halogens is 2. The van der Waals surface area contributed by atoms with E-state index in [2.05, 4.69) is 4.98 Å². The molecule has 1 heterocycles. The average Bonchev–Trinajstić information content (AvgIpc) is 2.67. The van der Waals surface area contributed by atoms with Crippen LogP contribution in [-0.2, 0) is 12.8 Å². The van der Waals surface area contributed by atoms with Gasteiger partial charge in [0.1, 0.15) is 5.15 Å². The van der Waals surface area contributed by atoms with Crippen LogP contribution in [0.4, 0.5) is 0 Å². The van der Waals surface area contributed by atoms with Crippen molar-refractivity contribution in [2.24, 2.45) is 0 Å². The van der Waals surface area contributed by atoms with E-state index in [1.165, 1.54) is 19.3 Å². The van der Waals surface area contributed by atoms with Gasteiger partial charge in [-0.2, -0.15) is 0 Å². The normalized spacial score (nSPS) is 14.8. The lowest BCUT2D eigenvalue weighted by molar-refractivity contribution is 0.709. The van der Waals surface area contributed by atoms with Gasteiger partial charge in [0.2, 0.25) is 0 Å². The van der Waals surface area contributed by atoms with Gasteiger partial charge in [-0.05, 0) is 44.2 Å². The van der Waals surface area contributed by atoms with Crippen molar-refractivity contribution in [3.8, 4) is 11.4 Å². The molecule has 4 heteroatoms. The van der Waals surface area contributed by atoms with Crippen LogP contribution in [0.15, 0.2) is 18.2 Å². The largest absolute Gasteiger partial charge is 0.233 e. The maximum atomic E-state index is 6.36. The summed E-state index contributed by atoms with van der Waals surface area (Å²) < 4.78 is 0. The second kappa shape index (κ2) is 5.71. The molecule has 0 saturated heterocycles. The van der Waals surface area contributed by atoms with Gasteiger partial charge < -0.3 is 0 Å². The summed E-state index contributed by atoms with van der Waals surface area (Å²) in [6.45, 7) is 1.98. The highest BCUT2D eigenvalue weighted by molar-refractivity contribution is 6.31. The van der Waals surface area contributed by atoms with E-state index in [4.69, 9.17) is 28.2 Å². The van der Waals surface area contributed by atoms with Crippen molar-refractivity contribution >= 4 is 23.2 Å². The zero-order valence-electron chi connectivity index (χ0n) is 11.4. The van der Waals surface area contributed by atoms with Crippen LogP contribution in [-0.4, -0.2) is 9.97 Å². The molecule has 1 aromatic heterocycles. The number of rotatable bonds is 1.